The normalized spacial score (nSPS) is 9.15. The molecule has 0 atom stereocenters. The molecule has 1 nitrogen and oxygen atoms in total. The summed E-state index contributed by atoms with van der Waals surface area (Å²) in [7, 11) is 1.80. The molecule has 1 aromatic rings. The molecule has 0 spiro atoms. The van der Waals surface area contributed by atoms with E-state index in [0.29, 0.717) is 17.1 Å². The van der Waals surface area contributed by atoms with Crippen LogP contribution in [0.3, 0.4) is 0 Å². The van der Waals surface area contributed by atoms with Gasteiger partial charge in [0.25, 0.3) is 0 Å². The molecule has 68 valence electrons. The third-order valence-electron chi connectivity index (χ3n) is 1.36. The molecule has 1 aromatic carbocycles. The van der Waals surface area contributed by atoms with Crippen molar-refractivity contribution < 1.29 is 4.39 Å². The second kappa shape index (κ2) is 4.86. The van der Waals surface area contributed by atoms with E-state index >= 15 is 0 Å². The summed E-state index contributed by atoms with van der Waals surface area (Å²) in [5, 5.41) is 3.24. The smallest absolute Gasteiger partial charge is 0.125 e. The van der Waals surface area contributed by atoms with Gasteiger partial charge in [-0.25, -0.2) is 4.39 Å². The molecule has 0 radical (unpaired) electrons. The summed E-state index contributed by atoms with van der Waals surface area (Å²) in [6, 6.07) is 4.24. The molecule has 1 N–H and O–H groups in total. The first kappa shape index (κ1) is 10.0. The molecule has 13 heavy (non-hydrogen) atoms. The lowest BCUT2D eigenvalue weighted by Crippen LogP contribution is -2.04. The standard InChI is InChI=1S/C10H9ClFN/c1-13-4-2-3-8-5-9(11)7-10(12)6-8/h5-7,13H,4H2,1H3. The van der Waals surface area contributed by atoms with Crippen molar-refractivity contribution >= 4 is 11.6 Å². The molecule has 0 fully saturated rings. The Bertz CT molecular complexity index is 331. The second-order valence-corrected chi connectivity index (χ2v) is 2.93. The lowest BCUT2D eigenvalue weighted by Gasteiger charge is -1.93. The quantitative estimate of drug-likeness (QED) is 0.680. The van der Waals surface area contributed by atoms with Gasteiger partial charge in [0.1, 0.15) is 5.82 Å². The predicted molar refractivity (Wildman–Crippen MR) is 52.2 cm³/mol. The largest absolute Gasteiger partial charge is 0.309 e. The number of benzene rings is 1. The summed E-state index contributed by atoms with van der Waals surface area (Å²) >= 11 is 5.64. The molecular weight excluding hydrogens is 189 g/mol. The van der Waals surface area contributed by atoms with E-state index in [-0.39, 0.29) is 5.82 Å². The maximum atomic E-state index is 12.8. The van der Waals surface area contributed by atoms with Crippen LogP contribution in [0.15, 0.2) is 18.2 Å². The molecular formula is C10H9ClFN. The van der Waals surface area contributed by atoms with Crippen molar-refractivity contribution in [2.45, 2.75) is 0 Å². The summed E-state index contributed by atoms with van der Waals surface area (Å²) < 4.78 is 12.8. The molecule has 0 unspecified atom stereocenters. The molecule has 0 heterocycles. The van der Waals surface area contributed by atoms with Crippen molar-refractivity contribution in [2.75, 3.05) is 13.6 Å². The van der Waals surface area contributed by atoms with Crippen LogP contribution in [0.2, 0.25) is 5.02 Å². The molecule has 0 bridgehead atoms. The third-order valence-corrected chi connectivity index (χ3v) is 1.58. The van der Waals surface area contributed by atoms with Gasteiger partial charge in [-0.05, 0) is 25.2 Å². The molecule has 0 amide bonds. The summed E-state index contributed by atoms with van der Waals surface area (Å²) in [6.45, 7) is 0.578. The van der Waals surface area contributed by atoms with E-state index in [2.05, 4.69) is 17.2 Å². The van der Waals surface area contributed by atoms with Gasteiger partial charge in [-0.3, -0.25) is 0 Å². The second-order valence-electron chi connectivity index (χ2n) is 2.49. The summed E-state index contributed by atoms with van der Waals surface area (Å²) in [5.74, 6) is 5.25. The zero-order valence-corrected chi connectivity index (χ0v) is 7.95. The third kappa shape index (κ3) is 3.45. The summed E-state index contributed by atoms with van der Waals surface area (Å²) in [4.78, 5) is 0. The average Bonchev–Trinajstić information content (AvgIpc) is 2.03. The minimum absolute atomic E-state index is 0.360. The average molecular weight is 198 g/mol. The molecule has 0 aliphatic rings. The number of hydrogen-bond acceptors (Lipinski definition) is 1. The van der Waals surface area contributed by atoms with Crippen LogP contribution in [0.25, 0.3) is 0 Å². The Morgan fingerprint density at radius 2 is 2.23 bits per heavy atom. The van der Waals surface area contributed by atoms with Crippen molar-refractivity contribution in [3.63, 3.8) is 0 Å². The van der Waals surface area contributed by atoms with E-state index in [1.807, 2.05) is 0 Å². The van der Waals surface area contributed by atoms with Crippen molar-refractivity contribution in [3.8, 4) is 11.8 Å². The number of rotatable bonds is 1. The van der Waals surface area contributed by atoms with Gasteiger partial charge >= 0.3 is 0 Å². The Morgan fingerprint density at radius 1 is 1.46 bits per heavy atom. The molecule has 3 heteroatoms. The van der Waals surface area contributed by atoms with Gasteiger partial charge in [-0.2, -0.15) is 0 Å². The van der Waals surface area contributed by atoms with Gasteiger partial charge < -0.3 is 5.32 Å². The number of halogens is 2. The van der Waals surface area contributed by atoms with Gasteiger partial charge in [-0.1, -0.05) is 23.4 Å². The SMILES string of the molecule is CNCC#Cc1cc(F)cc(Cl)c1. The topological polar surface area (TPSA) is 12.0 Å². The van der Waals surface area contributed by atoms with Gasteiger partial charge in [0.05, 0.1) is 6.54 Å². The fourth-order valence-electron chi connectivity index (χ4n) is 0.861. The van der Waals surface area contributed by atoms with Crippen molar-refractivity contribution in [3.05, 3.63) is 34.6 Å². The van der Waals surface area contributed by atoms with Crippen molar-refractivity contribution in [1.29, 1.82) is 0 Å². The maximum absolute atomic E-state index is 12.8. The van der Waals surface area contributed by atoms with Gasteiger partial charge in [0.15, 0.2) is 0 Å². The monoisotopic (exact) mass is 197 g/mol. The molecule has 0 aliphatic carbocycles. The zero-order chi connectivity index (χ0) is 9.68. The van der Waals surface area contributed by atoms with Crippen LogP contribution >= 0.6 is 11.6 Å². The van der Waals surface area contributed by atoms with Crippen LogP contribution in [0, 0.1) is 17.7 Å². The minimum atomic E-state index is -0.360. The molecule has 1 rings (SSSR count). The summed E-state index contributed by atoms with van der Waals surface area (Å²) in [6.07, 6.45) is 0. The fourth-order valence-corrected chi connectivity index (χ4v) is 1.08. The first-order valence-corrected chi connectivity index (χ1v) is 4.20. The number of hydrogen-bond donors (Lipinski definition) is 1. The van der Waals surface area contributed by atoms with E-state index < -0.39 is 0 Å². The number of nitrogens with one attached hydrogen (secondary N) is 1. The van der Waals surface area contributed by atoms with Crippen LogP contribution < -0.4 is 5.32 Å². The van der Waals surface area contributed by atoms with E-state index in [9.17, 15) is 4.39 Å². The molecule has 0 aliphatic heterocycles. The Kier molecular flexibility index (Phi) is 3.75. The van der Waals surface area contributed by atoms with Crippen molar-refractivity contribution in [2.24, 2.45) is 0 Å². The van der Waals surface area contributed by atoms with Gasteiger partial charge in [0, 0.05) is 10.6 Å². The molecule has 0 saturated carbocycles. The van der Waals surface area contributed by atoms with E-state index in [1.54, 1.807) is 13.1 Å². The summed E-state index contributed by atoms with van der Waals surface area (Å²) in [5.41, 5.74) is 0.597. The Morgan fingerprint density at radius 3 is 2.85 bits per heavy atom. The van der Waals surface area contributed by atoms with Crippen LogP contribution in [0.1, 0.15) is 5.56 Å². The Hall–Kier alpha value is -1.04. The minimum Gasteiger partial charge on any atom is -0.309 e. The maximum Gasteiger partial charge on any atom is 0.125 e. The van der Waals surface area contributed by atoms with Gasteiger partial charge in [0.2, 0.25) is 0 Å². The highest BCUT2D eigenvalue weighted by Gasteiger charge is 1.95. The lowest BCUT2D eigenvalue weighted by molar-refractivity contribution is 0.627. The predicted octanol–water partition coefficient (Wildman–Crippen LogP) is 2.05. The van der Waals surface area contributed by atoms with Gasteiger partial charge in [-0.15, -0.1) is 0 Å². The van der Waals surface area contributed by atoms with Crippen LogP contribution in [0.5, 0.6) is 0 Å². The Balaban J connectivity index is 2.85. The fraction of sp³-hybridized carbons (Fsp3) is 0.200. The van der Waals surface area contributed by atoms with E-state index in [0.717, 1.165) is 0 Å². The van der Waals surface area contributed by atoms with Crippen LogP contribution in [0.4, 0.5) is 4.39 Å². The highest BCUT2D eigenvalue weighted by atomic mass is 35.5. The van der Waals surface area contributed by atoms with Crippen LogP contribution in [-0.4, -0.2) is 13.6 Å². The Labute approximate surface area is 81.9 Å². The first-order chi connectivity index (χ1) is 6.22. The first-order valence-electron chi connectivity index (χ1n) is 3.82. The lowest BCUT2D eigenvalue weighted by atomic mass is 10.2. The zero-order valence-electron chi connectivity index (χ0n) is 7.20. The highest BCUT2D eigenvalue weighted by molar-refractivity contribution is 6.30. The van der Waals surface area contributed by atoms with E-state index in [1.165, 1.54) is 12.1 Å². The van der Waals surface area contributed by atoms with E-state index in [4.69, 9.17) is 11.6 Å². The van der Waals surface area contributed by atoms with Crippen molar-refractivity contribution in [1.82, 2.24) is 5.32 Å². The van der Waals surface area contributed by atoms with Crippen LogP contribution in [-0.2, 0) is 0 Å². The molecule has 0 saturated heterocycles. The highest BCUT2D eigenvalue weighted by Crippen LogP contribution is 2.12. The molecule has 0 aromatic heterocycles.